The maximum atomic E-state index is 5.82. The normalized spacial score (nSPS) is 11.1. The van der Waals surface area contributed by atoms with Crippen molar-refractivity contribution >= 4 is 16.5 Å². The molecule has 2 rings (SSSR count). The maximum absolute atomic E-state index is 5.82. The Morgan fingerprint density at radius 2 is 1.88 bits per heavy atom. The minimum atomic E-state index is 0.464. The van der Waals surface area contributed by atoms with E-state index in [1.807, 2.05) is 0 Å². The Balaban J connectivity index is 2.44. The molecule has 0 aliphatic carbocycles. The number of nitrogens with two attached hydrogens (primary N) is 1. The summed E-state index contributed by atoms with van der Waals surface area (Å²) in [4.78, 5) is 5.72. The number of benzene rings is 1. The average molecular weight is 246 g/mol. The van der Waals surface area contributed by atoms with Crippen LogP contribution in [0.25, 0.3) is 11.3 Å². The van der Waals surface area contributed by atoms with Crippen molar-refractivity contribution in [3.05, 3.63) is 34.7 Å². The van der Waals surface area contributed by atoms with Crippen molar-refractivity contribution in [1.29, 1.82) is 0 Å². The van der Waals surface area contributed by atoms with Crippen LogP contribution in [0.5, 0.6) is 0 Å². The minimum Gasteiger partial charge on any atom is -0.375 e. The molecule has 1 aromatic heterocycles. The fourth-order valence-electron chi connectivity index (χ4n) is 1.85. The van der Waals surface area contributed by atoms with Crippen molar-refractivity contribution in [2.24, 2.45) is 0 Å². The molecule has 0 spiro atoms. The number of hydrogen-bond acceptors (Lipinski definition) is 3. The van der Waals surface area contributed by atoms with Gasteiger partial charge >= 0.3 is 0 Å². The lowest BCUT2D eigenvalue weighted by molar-refractivity contribution is 0.888. The van der Waals surface area contributed by atoms with E-state index in [2.05, 4.69) is 50.0 Å². The minimum absolute atomic E-state index is 0.464. The van der Waals surface area contributed by atoms with Gasteiger partial charge in [-0.2, -0.15) is 0 Å². The van der Waals surface area contributed by atoms with E-state index in [1.54, 1.807) is 11.3 Å². The molecule has 2 nitrogen and oxygen atoms in total. The molecule has 17 heavy (non-hydrogen) atoms. The molecule has 0 unspecified atom stereocenters. The Kier molecular flexibility index (Phi) is 3.48. The first kappa shape index (κ1) is 12.1. The molecule has 0 radical (unpaired) electrons. The Morgan fingerprint density at radius 3 is 2.41 bits per heavy atom. The number of anilines is 1. The van der Waals surface area contributed by atoms with Gasteiger partial charge in [-0.15, -0.1) is 11.3 Å². The summed E-state index contributed by atoms with van der Waals surface area (Å²) in [6.07, 6.45) is 1.07. The van der Waals surface area contributed by atoms with Gasteiger partial charge in [0.15, 0.2) is 5.13 Å². The molecule has 0 amide bonds. The highest BCUT2D eigenvalue weighted by atomic mass is 32.1. The van der Waals surface area contributed by atoms with Crippen LogP contribution in [0.2, 0.25) is 0 Å². The van der Waals surface area contributed by atoms with Crippen LogP contribution in [-0.4, -0.2) is 4.98 Å². The lowest BCUT2D eigenvalue weighted by Gasteiger charge is -2.05. The van der Waals surface area contributed by atoms with Crippen LogP contribution in [0.4, 0.5) is 5.13 Å². The zero-order valence-corrected chi connectivity index (χ0v) is 11.3. The highest BCUT2D eigenvalue weighted by molar-refractivity contribution is 7.15. The molecular formula is C14H18N2S. The smallest absolute Gasteiger partial charge is 0.180 e. The summed E-state index contributed by atoms with van der Waals surface area (Å²) in [6, 6.07) is 8.60. The molecule has 0 fully saturated rings. The van der Waals surface area contributed by atoms with Crippen LogP contribution in [0.3, 0.4) is 0 Å². The topological polar surface area (TPSA) is 38.9 Å². The third-order valence-electron chi connectivity index (χ3n) is 2.83. The van der Waals surface area contributed by atoms with Crippen molar-refractivity contribution in [3.8, 4) is 11.3 Å². The fourth-order valence-corrected chi connectivity index (χ4v) is 2.70. The van der Waals surface area contributed by atoms with E-state index in [1.165, 1.54) is 16.0 Å². The van der Waals surface area contributed by atoms with E-state index >= 15 is 0 Å². The number of nitrogens with zero attached hydrogens (tertiary/aromatic N) is 1. The van der Waals surface area contributed by atoms with Gasteiger partial charge in [0.2, 0.25) is 0 Å². The van der Waals surface area contributed by atoms with E-state index in [9.17, 15) is 0 Å². The summed E-state index contributed by atoms with van der Waals surface area (Å²) in [5.74, 6) is 0.464. The number of hydrogen-bond donors (Lipinski definition) is 1. The number of aromatic nitrogens is 1. The highest BCUT2D eigenvalue weighted by Gasteiger charge is 2.14. The Morgan fingerprint density at radius 1 is 1.24 bits per heavy atom. The molecule has 2 aromatic rings. The lowest BCUT2D eigenvalue weighted by Crippen LogP contribution is -1.89. The van der Waals surface area contributed by atoms with Crippen molar-refractivity contribution in [2.75, 3.05) is 5.73 Å². The Labute approximate surface area is 107 Å². The number of nitrogen functional groups attached to an aromatic ring is 1. The third kappa shape index (κ3) is 2.50. The van der Waals surface area contributed by atoms with Crippen molar-refractivity contribution in [3.63, 3.8) is 0 Å². The molecule has 0 bridgehead atoms. The number of aryl methyl sites for hydroxylation is 1. The van der Waals surface area contributed by atoms with E-state index in [4.69, 9.17) is 5.73 Å². The van der Waals surface area contributed by atoms with Crippen LogP contribution >= 0.6 is 11.3 Å². The standard InChI is InChI=1S/C14H18N2S/c1-4-10-5-7-11(8-6-10)12-13(9(2)3)17-14(15)16-12/h5-9H,4H2,1-3H3,(H2,15,16). The first-order valence-electron chi connectivity index (χ1n) is 5.97. The second-order valence-corrected chi connectivity index (χ2v) is 5.53. The van der Waals surface area contributed by atoms with Gasteiger partial charge in [0.1, 0.15) is 0 Å². The van der Waals surface area contributed by atoms with E-state index < -0.39 is 0 Å². The van der Waals surface area contributed by atoms with Crippen molar-refractivity contribution in [1.82, 2.24) is 4.98 Å². The van der Waals surface area contributed by atoms with Gasteiger partial charge in [-0.1, -0.05) is 45.0 Å². The second kappa shape index (κ2) is 4.88. The molecule has 90 valence electrons. The second-order valence-electron chi connectivity index (χ2n) is 4.47. The Bertz CT molecular complexity index is 497. The zero-order chi connectivity index (χ0) is 12.4. The quantitative estimate of drug-likeness (QED) is 0.886. The summed E-state index contributed by atoms with van der Waals surface area (Å²) in [5, 5.41) is 0.656. The van der Waals surface area contributed by atoms with E-state index in [-0.39, 0.29) is 0 Å². The highest BCUT2D eigenvalue weighted by Crippen LogP contribution is 2.34. The summed E-state index contributed by atoms with van der Waals surface area (Å²) in [5.41, 5.74) is 9.38. The molecule has 0 aliphatic heterocycles. The molecule has 0 atom stereocenters. The SMILES string of the molecule is CCc1ccc(-c2nc(N)sc2C(C)C)cc1. The van der Waals surface area contributed by atoms with E-state index in [0.29, 0.717) is 11.0 Å². The predicted octanol–water partition coefficient (Wildman–Crippen LogP) is 4.08. The van der Waals surface area contributed by atoms with Crippen LogP contribution in [0.1, 0.15) is 37.1 Å². The zero-order valence-electron chi connectivity index (χ0n) is 10.5. The van der Waals surface area contributed by atoms with Gasteiger partial charge in [0.05, 0.1) is 5.69 Å². The summed E-state index contributed by atoms with van der Waals surface area (Å²) >= 11 is 1.59. The van der Waals surface area contributed by atoms with Crippen LogP contribution < -0.4 is 5.73 Å². The molecule has 0 aliphatic rings. The molecule has 0 saturated heterocycles. The Hall–Kier alpha value is -1.35. The number of thiazole rings is 1. The van der Waals surface area contributed by atoms with Gasteiger partial charge in [-0.05, 0) is 17.9 Å². The van der Waals surface area contributed by atoms with Gasteiger partial charge < -0.3 is 5.73 Å². The average Bonchev–Trinajstić information content (AvgIpc) is 2.72. The molecular weight excluding hydrogens is 228 g/mol. The summed E-state index contributed by atoms with van der Waals surface area (Å²) in [6.45, 7) is 6.52. The van der Waals surface area contributed by atoms with Crippen LogP contribution in [0, 0.1) is 0 Å². The van der Waals surface area contributed by atoms with Gasteiger partial charge in [0.25, 0.3) is 0 Å². The summed E-state index contributed by atoms with van der Waals surface area (Å²) in [7, 11) is 0. The number of rotatable bonds is 3. The maximum Gasteiger partial charge on any atom is 0.180 e. The van der Waals surface area contributed by atoms with Gasteiger partial charge in [-0.25, -0.2) is 4.98 Å². The molecule has 1 aromatic carbocycles. The third-order valence-corrected chi connectivity index (χ3v) is 4.02. The van der Waals surface area contributed by atoms with Crippen LogP contribution in [-0.2, 0) is 6.42 Å². The van der Waals surface area contributed by atoms with Crippen molar-refractivity contribution < 1.29 is 0 Å². The van der Waals surface area contributed by atoms with Gasteiger partial charge in [0, 0.05) is 10.4 Å². The predicted molar refractivity (Wildman–Crippen MR) is 75.4 cm³/mol. The van der Waals surface area contributed by atoms with Crippen LogP contribution in [0.15, 0.2) is 24.3 Å². The molecule has 3 heteroatoms. The largest absolute Gasteiger partial charge is 0.375 e. The lowest BCUT2D eigenvalue weighted by atomic mass is 10.0. The molecule has 2 N–H and O–H groups in total. The molecule has 1 heterocycles. The van der Waals surface area contributed by atoms with Gasteiger partial charge in [-0.3, -0.25) is 0 Å². The first-order chi connectivity index (χ1) is 8.11. The fraction of sp³-hybridized carbons (Fsp3) is 0.357. The summed E-state index contributed by atoms with van der Waals surface area (Å²) < 4.78 is 0. The van der Waals surface area contributed by atoms with Crippen molar-refractivity contribution in [2.45, 2.75) is 33.1 Å². The molecule has 0 saturated carbocycles. The monoisotopic (exact) mass is 246 g/mol. The van der Waals surface area contributed by atoms with E-state index in [0.717, 1.165) is 12.1 Å². The first-order valence-corrected chi connectivity index (χ1v) is 6.79.